The van der Waals surface area contributed by atoms with Crippen LogP contribution >= 0.6 is 0 Å². The Bertz CT molecular complexity index is 4200. The summed E-state index contributed by atoms with van der Waals surface area (Å²) in [5.74, 6) is 19.8. The monoisotopic (exact) mass is 1260 g/mol. The van der Waals surface area contributed by atoms with Gasteiger partial charge in [0.05, 0.1) is 0 Å². The van der Waals surface area contributed by atoms with Crippen molar-refractivity contribution in [2.75, 3.05) is 0 Å². The molecule has 0 aliphatic rings. The molecule has 85 heavy (non-hydrogen) atoms. The predicted molar refractivity (Wildman–Crippen MR) is 343 cm³/mol. The molecule has 0 unspecified atom stereocenters. The van der Waals surface area contributed by atoms with Crippen molar-refractivity contribution in [2.24, 2.45) is 0 Å². The van der Waals surface area contributed by atoms with Crippen molar-refractivity contribution < 1.29 is 20.1 Å². The molecule has 0 bridgehead atoms. The second-order valence-corrected chi connectivity index (χ2v) is 20.1. The largest absolute Gasteiger partial charge is 3.00 e. The summed E-state index contributed by atoms with van der Waals surface area (Å²) in [5, 5.41) is 0. The molecule has 3 heterocycles. The van der Waals surface area contributed by atoms with Crippen LogP contribution in [0.15, 0.2) is 292 Å². The molecule has 0 radical (unpaired) electrons. The van der Waals surface area contributed by atoms with Crippen LogP contribution in [-0.4, -0.2) is 15.0 Å². The number of rotatable bonds is 9. The Balaban J connectivity index is 0.00000709. The van der Waals surface area contributed by atoms with E-state index in [2.05, 4.69) is 181 Å². The molecule has 396 valence electrons. The molecule has 13 rings (SSSR count). The summed E-state index contributed by atoms with van der Waals surface area (Å²) in [4.78, 5) is 15.1. The van der Waals surface area contributed by atoms with E-state index in [-0.39, 0.29) is 20.1 Å². The van der Waals surface area contributed by atoms with Gasteiger partial charge in [0, 0.05) is 35.3 Å². The molecule has 0 spiro atoms. The minimum absolute atomic E-state index is 0. The normalized spacial score (nSPS) is 10.4. The molecule has 0 fully saturated rings. The van der Waals surface area contributed by atoms with E-state index in [1.807, 2.05) is 164 Å². The van der Waals surface area contributed by atoms with Gasteiger partial charge in [-0.1, -0.05) is 216 Å². The number of benzene rings is 10. The zero-order valence-corrected chi connectivity index (χ0v) is 48.3. The Morgan fingerprint density at radius 2 is 0.471 bits per heavy atom. The van der Waals surface area contributed by atoms with Crippen molar-refractivity contribution in [1.82, 2.24) is 15.0 Å². The van der Waals surface area contributed by atoms with Gasteiger partial charge in [-0.25, -0.2) is 0 Å². The number of hydrogen-bond donors (Lipinski definition) is 0. The van der Waals surface area contributed by atoms with Crippen LogP contribution in [0.4, 0.5) is 0 Å². The molecule has 0 aliphatic heterocycles. The molecule has 0 atom stereocenters. The number of aromatic nitrogens is 3. The first-order chi connectivity index (χ1) is 41.6. The summed E-state index contributed by atoms with van der Waals surface area (Å²) in [6, 6.07) is 103. The molecule has 0 amide bonds. The number of nitrogens with zero attached hydrogens (tertiary/aromatic N) is 3. The Labute approximate surface area is 510 Å². The Hall–Kier alpha value is -11.0. The third-order valence-corrected chi connectivity index (χ3v) is 14.5. The van der Waals surface area contributed by atoms with Gasteiger partial charge in [-0.05, 0) is 138 Å². The average molecular weight is 1260 g/mol. The van der Waals surface area contributed by atoms with E-state index in [4.69, 9.17) is 15.0 Å². The van der Waals surface area contributed by atoms with Crippen LogP contribution in [0.25, 0.3) is 101 Å². The van der Waals surface area contributed by atoms with Gasteiger partial charge in [-0.3, -0.25) is 0 Å². The third-order valence-electron chi connectivity index (χ3n) is 14.5. The summed E-state index contributed by atoms with van der Waals surface area (Å²) in [6.45, 7) is 0. The molecular weight excluding hydrogens is 1210 g/mol. The maximum atomic E-state index is 5.03. The summed E-state index contributed by atoms with van der Waals surface area (Å²) in [5.41, 5.74) is 23.3. The minimum Gasteiger partial charge on any atom is -0.304 e. The molecule has 0 saturated heterocycles. The summed E-state index contributed by atoms with van der Waals surface area (Å²) in [7, 11) is 0. The van der Waals surface area contributed by atoms with Crippen molar-refractivity contribution in [1.29, 1.82) is 0 Å². The smallest absolute Gasteiger partial charge is 0.304 e. The van der Waals surface area contributed by atoms with E-state index in [9.17, 15) is 0 Å². The second-order valence-electron chi connectivity index (χ2n) is 20.1. The van der Waals surface area contributed by atoms with Crippen LogP contribution in [0, 0.1) is 53.7 Å². The van der Waals surface area contributed by atoms with Crippen molar-refractivity contribution >= 4 is 0 Å². The fourth-order valence-corrected chi connectivity index (χ4v) is 10.3. The Kier molecular flexibility index (Phi) is 16.6. The van der Waals surface area contributed by atoms with Crippen molar-refractivity contribution in [3.63, 3.8) is 0 Å². The molecular formula is C81H48IrN3. The maximum Gasteiger partial charge on any atom is 3.00 e. The third kappa shape index (κ3) is 12.9. The van der Waals surface area contributed by atoms with Crippen molar-refractivity contribution in [3.8, 4) is 136 Å². The van der Waals surface area contributed by atoms with Crippen LogP contribution in [0.2, 0.25) is 0 Å². The first-order valence-corrected chi connectivity index (χ1v) is 27.7. The van der Waals surface area contributed by atoms with Gasteiger partial charge in [-0.2, -0.15) is 0 Å². The van der Waals surface area contributed by atoms with Gasteiger partial charge < -0.3 is 15.0 Å². The van der Waals surface area contributed by atoms with E-state index in [0.29, 0.717) is 0 Å². The summed E-state index contributed by atoms with van der Waals surface area (Å²) in [6.07, 6.45) is 5.89. The molecule has 13 aromatic rings. The first kappa shape index (κ1) is 54.6. The van der Waals surface area contributed by atoms with Gasteiger partial charge in [-0.15, -0.1) is 89.5 Å². The average Bonchev–Trinajstić information content (AvgIpc) is 3.63. The summed E-state index contributed by atoms with van der Waals surface area (Å²) < 4.78 is 0. The molecule has 0 N–H and O–H groups in total. The van der Waals surface area contributed by atoms with Crippen molar-refractivity contribution in [3.05, 3.63) is 343 Å². The zero-order valence-electron chi connectivity index (χ0n) is 45.9. The van der Waals surface area contributed by atoms with E-state index in [0.717, 1.165) is 134 Å². The van der Waals surface area contributed by atoms with E-state index >= 15 is 0 Å². The zero-order chi connectivity index (χ0) is 56.3. The molecule has 4 heteroatoms. The Morgan fingerprint density at radius 1 is 0.224 bits per heavy atom. The van der Waals surface area contributed by atoms with Gasteiger partial charge >= 0.3 is 20.1 Å². The van der Waals surface area contributed by atoms with Crippen molar-refractivity contribution in [2.45, 2.75) is 0 Å². The second kappa shape index (κ2) is 25.8. The first-order valence-electron chi connectivity index (χ1n) is 27.7. The molecule has 3 nitrogen and oxygen atoms in total. The van der Waals surface area contributed by atoms with Gasteiger partial charge in [0.15, 0.2) is 0 Å². The maximum absolute atomic E-state index is 5.03. The fourth-order valence-electron chi connectivity index (χ4n) is 10.3. The SMILES string of the molecule is C(#Cc1cc[c-]c(-c2ccc(-c3ccccc3-c3cc(-c4ccccc4-c4ccc(-c5[c-]ccc(C#Cc6ccccc6)c5)nc4)cc(-c4ccccc4-c4ccc(-c5[c-]ccc(C#Cc6ccccc6)c5)nc4)c3)cn2)c1)c1ccccc1.[Ir+3]. The van der Waals surface area contributed by atoms with Crippen LogP contribution in [0.3, 0.4) is 0 Å². The number of hydrogen-bond acceptors (Lipinski definition) is 3. The minimum atomic E-state index is 0. The van der Waals surface area contributed by atoms with Crippen LogP contribution in [0.1, 0.15) is 33.4 Å². The van der Waals surface area contributed by atoms with E-state index in [1.54, 1.807) is 0 Å². The molecule has 0 aliphatic carbocycles. The fraction of sp³-hybridized carbons (Fsp3) is 0. The molecule has 3 aromatic heterocycles. The van der Waals surface area contributed by atoms with Gasteiger partial charge in [0.2, 0.25) is 0 Å². The standard InChI is InChI=1S/C81H48N3.Ir/c1-4-19-58(20-5-1)37-40-61-25-16-28-64(49-61)79-46-43-67(55-82-79)73-31-10-13-34-76(73)70-52-71(77-35-14-11-32-74(77)68-44-47-80(83-56-68)65-29-17-26-62(50-65)41-38-59-21-6-2-7-22-59)54-72(53-70)78-36-15-12-33-75(78)69-45-48-81(84-57-69)66-30-18-27-63(51-66)42-39-60-23-8-3-9-24-60;/h1-27,31-36,43-57H;/q-3;+3. The molecule has 10 aromatic carbocycles. The van der Waals surface area contributed by atoms with E-state index in [1.165, 1.54) is 0 Å². The summed E-state index contributed by atoms with van der Waals surface area (Å²) >= 11 is 0. The van der Waals surface area contributed by atoms with Crippen LogP contribution in [-0.2, 0) is 20.1 Å². The topological polar surface area (TPSA) is 38.7 Å². The predicted octanol–water partition coefficient (Wildman–Crippen LogP) is 18.5. The van der Waals surface area contributed by atoms with E-state index < -0.39 is 0 Å². The molecule has 0 saturated carbocycles. The Morgan fingerprint density at radius 3 is 0.729 bits per heavy atom. The quantitative estimate of drug-likeness (QED) is 0.107. The van der Waals surface area contributed by atoms with Gasteiger partial charge in [0.1, 0.15) is 0 Å². The van der Waals surface area contributed by atoms with Gasteiger partial charge in [0.25, 0.3) is 0 Å². The van der Waals surface area contributed by atoms with Crippen LogP contribution in [0.5, 0.6) is 0 Å². The van der Waals surface area contributed by atoms with Crippen LogP contribution < -0.4 is 0 Å². The number of pyridine rings is 3.